The first-order chi connectivity index (χ1) is 14.5. The van der Waals surface area contributed by atoms with E-state index in [-0.39, 0.29) is 17.1 Å². The molecule has 1 atom stereocenters. The number of amides is 2. The molecule has 2 N–H and O–H groups in total. The molecule has 1 aromatic carbocycles. The normalized spacial score (nSPS) is 13.8. The van der Waals surface area contributed by atoms with E-state index in [1.54, 1.807) is 11.3 Å². The maximum absolute atomic E-state index is 13.0. The maximum atomic E-state index is 13.0. The molecule has 0 spiro atoms. The third-order valence-electron chi connectivity index (χ3n) is 5.06. The second-order valence-corrected chi connectivity index (χ2v) is 9.74. The van der Waals surface area contributed by atoms with Gasteiger partial charge in [-0.2, -0.15) is 5.26 Å². The Kier molecular flexibility index (Phi) is 7.94. The summed E-state index contributed by atoms with van der Waals surface area (Å²) in [6.45, 7) is 3.95. The molecule has 0 radical (unpaired) electrons. The minimum absolute atomic E-state index is 0.00451. The molecule has 1 unspecified atom stereocenters. The number of hydrogen-bond acceptors (Lipinski definition) is 5. The number of anilines is 2. The number of nitrogens with one attached hydrogen (secondary N) is 2. The van der Waals surface area contributed by atoms with Crippen LogP contribution in [0.4, 0.5) is 10.7 Å². The molecule has 7 heteroatoms. The van der Waals surface area contributed by atoms with Gasteiger partial charge in [0.2, 0.25) is 11.8 Å². The number of nitrogens with zero attached hydrogens (tertiary/aromatic N) is 1. The van der Waals surface area contributed by atoms with E-state index in [0.717, 1.165) is 48.3 Å². The van der Waals surface area contributed by atoms with E-state index in [2.05, 4.69) is 16.7 Å². The molecule has 0 saturated carbocycles. The van der Waals surface area contributed by atoms with Crippen LogP contribution in [-0.4, -0.2) is 17.1 Å². The lowest BCUT2D eigenvalue weighted by molar-refractivity contribution is -0.116. The number of rotatable bonds is 8. The van der Waals surface area contributed by atoms with Crippen molar-refractivity contribution in [2.24, 2.45) is 0 Å². The summed E-state index contributed by atoms with van der Waals surface area (Å²) in [6, 6.07) is 9.89. The Morgan fingerprint density at radius 3 is 2.77 bits per heavy atom. The maximum Gasteiger partial charge on any atom is 0.238 e. The lowest BCUT2D eigenvalue weighted by Gasteiger charge is -2.15. The number of thioether (sulfide) groups is 1. The monoisotopic (exact) mass is 441 g/mol. The van der Waals surface area contributed by atoms with Gasteiger partial charge in [0.15, 0.2) is 0 Å². The van der Waals surface area contributed by atoms with Gasteiger partial charge in [-0.25, -0.2) is 0 Å². The first kappa shape index (κ1) is 22.4. The molecule has 0 bridgehead atoms. The van der Waals surface area contributed by atoms with Crippen LogP contribution >= 0.6 is 23.1 Å². The lowest BCUT2D eigenvalue weighted by atomic mass is 9.96. The summed E-state index contributed by atoms with van der Waals surface area (Å²) in [5, 5.41) is 15.9. The van der Waals surface area contributed by atoms with Crippen molar-refractivity contribution >= 4 is 45.6 Å². The topological polar surface area (TPSA) is 82.0 Å². The SMILES string of the molecule is CCCC(=O)Nc1cccc(SC(CC)C(=O)Nc2sc3c(c2C#N)CCCC3)c1. The summed E-state index contributed by atoms with van der Waals surface area (Å²) >= 11 is 3.03. The van der Waals surface area contributed by atoms with Crippen LogP contribution in [0.5, 0.6) is 0 Å². The van der Waals surface area contributed by atoms with Gasteiger partial charge in [-0.15, -0.1) is 23.1 Å². The Balaban J connectivity index is 1.70. The van der Waals surface area contributed by atoms with Gasteiger partial charge in [0.1, 0.15) is 11.1 Å². The van der Waals surface area contributed by atoms with Crippen molar-refractivity contribution in [3.8, 4) is 6.07 Å². The molecule has 1 heterocycles. The minimum atomic E-state index is -0.280. The molecule has 1 aromatic heterocycles. The van der Waals surface area contributed by atoms with E-state index in [1.807, 2.05) is 38.1 Å². The molecule has 30 heavy (non-hydrogen) atoms. The number of fused-ring (bicyclic) bond motifs is 1. The fourth-order valence-corrected chi connectivity index (χ4v) is 5.80. The second kappa shape index (κ2) is 10.6. The van der Waals surface area contributed by atoms with Gasteiger partial charge in [-0.05, 0) is 62.3 Å². The zero-order valence-electron chi connectivity index (χ0n) is 17.4. The number of nitriles is 1. The Morgan fingerprint density at radius 2 is 2.03 bits per heavy atom. The van der Waals surface area contributed by atoms with Crippen molar-refractivity contribution in [2.75, 3.05) is 10.6 Å². The number of thiophene rings is 1. The van der Waals surface area contributed by atoms with Crippen molar-refractivity contribution in [1.29, 1.82) is 5.26 Å². The molecule has 158 valence electrons. The van der Waals surface area contributed by atoms with Gasteiger partial charge in [0, 0.05) is 21.9 Å². The Labute approximate surface area is 186 Å². The van der Waals surface area contributed by atoms with Gasteiger partial charge in [0.25, 0.3) is 0 Å². The third kappa shape index (κ3) is 5.44. The largest absolute Gasteiger partial charge is 0.326 e. The molecule has 1 aliphatic rings. The third-order valence-corrected chi connectivity index (χ3v) is 7.62. The number of carbonyl (C=O) groups excluding carboxylic acids is 2. The molecule has 3 rings (SSSR count). The first-order valence-corrected chi connectivity index (χ1v) is 12.2. The van der Waals surface area contributed by atoms with Crippen LogP contribution in [0, 0.1) is 11.3 Å². The summed E-state index contributed by atoms with van der Waals surface area (Å²) in [6.07, 6.45) is 6.11. The Bertz CT molecular complexity index is 962. The first-order valence-electron chi connectivity index (χ1n) is 10.5. The smallest absolute Gasteiger partial charge is 0.238 e. The highest BCUT2D eigenvalue weighted by atomic mass is 32.2. The quantitative estimate of drug-likeness (QED) is 0.511. The van der Waals surface area contributed by atoms with Crippen molar-refractivity contribution in [2.45, 2.75) is 68.9 Å². The average molecular weight is 442 g/mol. The summed E-state index contributed by atoms with van der Waals surface area (Å²) in [7, 11) is 0. The number of benzene rings is 1. The van der Waals surface area contributed by atoms with E-state index in [0.29, 0.717) is 23.4 Å². The fraction of sp³-hybridized carbons (Fsp3) is 0.435. The summed E-state index contributed by atoms with van der Waals surface area (Å²) in [5.74, 6) is -0.0897. The van der Waals surface area contributed by atoms with Crippen LogP contribution in [0.2, 0.25) is 0 Å². The minimum Gasteiger partial charge on any atom is -0.326 e. The van der Waals surface area contributed by atoms with Crippen molar-refractivity contribution in [3.63, 3.8) is 0 Å². The highest BCUT2D eigenvalue weighted by Gasteiger charge is 2.24. The summed E-state index contributed by atoms with van der Waals surface area (Å²) in [4.78, 5) is 27.0. The van der Waals surface area contributed by atoms with E-state index >= 15 is 0 Å². The Morgan fingerprint density at radius 1 is 1.23 bits per heavy atom. The van der Waals surface area contributed by atoms with Crippen LogP contribution < -0.4 is 10.6 Å². The average Bonchev–Trinajstić information content (AvgIpc) is 3.09. The zero-order valence-corrected chi connectivity index (χ0v) is 19.0. The van der Waals surface area contributed by atoms with E-state index < -0.39 is 0 Å². The number of carbonyl (C=O) groups is 2. The molecule has 2 aromatic rings. The summed E-state index contributed by atoms with van der Waals surface area (Å²) < 4.78 is 0. The highest BCUT2D eigenvalue weighted by molar-refractivity contribution is 8.00. The fourth-order valence-electron chi connectivity index (χ4n) is 3.55. The van der Waals surface area contributed by atoms with Crippen molar-refractivity contribution < 1.29 is 9.59 Å². The van der Waals surface area contributed by atoms with Gasteiger partial charge in [0.05, 0.1) is 10.8 Å². The molecular weight excluding hydrogens is 414 g/mol. The molecule has 0 aliphatic heterocycles. The van der Waals surface area contributed by atoms with Crippen molar-refractivity contribution in [1.82, 2.24) is 0 Å². The Hall–Kier alpha value is -2.30. The van der Waals surface area contributed by atoms with Crippen LogP contribution in [0.25, 0.3) is 0 Å². The molecule has 5 nitrogen and oxygen atoms in total. The van der Waals surface area contributed by atoms with E-state index in [1.165, 1.54) is 16.6 Å². The number of hydrogen-bond donors (Lipinski definition) is 2. The predicted molar refractivity (Wildman–Crippen MR) is 124 cm³/mol. The zero-order chi connectivity index (χ0) is 21.5. The molecular formula is C23H27N3O2S2. The van der Waals surface area contributed by atoms with Gasteiger partial charge < -0.3 is 10.6 Å². The number of aryl methyl sites for hydroxylation is 1. The summed E-state index contributed by atoms with van der Waals surface area (Å²) in [5.41, 5.74) is 2.51. The van der Waals surface area contributed by atoms with Gasteiger partial charge >= 0.3 is 0 Å². The van der Waals surface area contributed by atoms with Crippen LogP contribution in [0.15, 0.2) is 29.2 Å². The highest BCUT2D eigenvalue weighted by Crippen LogP contribution is 2.38. The van der Waals surface area contributed by atoms with E-state index in [4.69, 9.17) is 0 Å². The predicted octanol–water partition coefficient (Wildman–Crippen LogP) is 5.75. The molecule has 0 saturated heterocycles. The van der Waals surface area contributed by atoms with Gasteiger partial charge in [-0.1, -0.05) is 19.9 Å². The second-order valence-electron chi connectivity index (χ2n) is 7.36. The standard InChI is InChI=1S/C23H27N3O2S2/c1-3-8-21(27)25-15-9-7-10-16(13-15)29-19(4-2)22(28)26-23-18(14-24)17-11-5-6-12-20(17)30-23/h7,9-10,13,19H,3-6,8,11-12H2,1-2H3,(H,25,27)(H,26,28). The van der Waals surface area contributed by atoms with E-state index in [9.17, 15) is 14.9 Å². The molecule has 0 fully saturated rings. The molecule has 2 amide bonds. The van der Waals surface area contributed by atoms with Crippen molar-refractivity contribution in [3.05, 3.63) is 40.3 Å². The van der Waals surface area contributed by atoms with Crippen LogP contribution in [0.1, 0.15) is 62.0 Å². The van der Waals surface area contributed by atoms with Crippen LogP contribution in [0.3, 0.4) is 0 Å². The van der Waals surface area contributed by atoms with Gasteiger partial charge in [-0.3, -0.25) is 9.59 Å². The van der Waals surface area contributed by atoms with Crippen LogP contribution in [-0.2, 0) is 22.4 Å². The molecule has 1 aliphatic carbocycles. The lowest BCUT2D eigenvalue weighted by Crippen LogP contribution is -2.24.